The number of carbonyl (C=O) groups is 2. The van der Waals surface area contributed by atoms with Crippen molar-refractivity contribution in [3.05, 3.63) is 68.7 Å². The number of furan rings is 1. The zero-order valence-electron chi connectivity index (χ0n) is 19.7. The molecule has 1 amide bonds. The monoisotopic (exact) mass is 495 g/mol. The first kappa shape index (κ1) is 24.5. The highest BCUT2D eigenvalue weighted by Gasteiger charge is 2.23. The maximum Gasteiger partial charge on any atom is 0.340 e. The van der Waals surface area contributed by atoms with Crippen molar-refractivity contribution in [2.45, 2.75) is 52.5 Å². The summed E-state index contributed by atoms with van der Waals surface area (Å²) in [6, 6.07) is 8.30. The van der Waals surface area contributed by atoms with Crippen molar-refractivity contribution in [1.29, 1.82) is 0 Å². The van der Waals surface area contributed by atoms with Gasteiger partial charge in [-0.25, -0.2) is 9.59 Å². The number of carboxylic acid groups (broad SMARTS) is 1. The molecule has 7 nitrogen and oxygen atoms in total. The molecular weight excluding hydrogens is 470 g/mol. The molecule has 0 saturated carbocycles. The number of hydrogen-bond donors (Lipinski definition) is 2. The molecule has 0 radical (unpaired) electrons. The van der Waals surface area contributed by atoms with Crippen LogP contribution in [0.4, 0.5) is 0 Å². The number of nitrogens with one attached hydrogen (secondary N) is 1. The Morgan fingerprint density at radius 1 is 1.09 bits per heavy atom. The van der Waals surface area contributed by atoms with E-state index in [0.717, 1.165) is 22.9 Å². The third-order valence-corrected chi connectivity index (χ3v) is 6.57. The van der Waals surface area contributed by atoms with Crippen molar-refractivity contribution in [3.63, 3.8) is 0 Å². The van der Waals surface area contributed by atoms with E-state index >= 15 is 0 Å². The maximum absolute atomic E-state index is 12.8. The summed E-state index contributed by atoms with van der Waals surface area (Å²) in [4.78, 5) is 37.0. The van der Waals surface area contributed by atoms with Gasteiger partial charge in [0, 0.05) is 26.9 Å². The zero-order valence-corrected chi connectivity index (χ0v) is 20.5. The molecule has 0 bridgehead atoms. The summed E-state index contributed by atoms with van der Waals surface area (Å²) >= 11 is 6.03. The quantitative estimate of drug-likeness (QED) is 0.300. The van der Waals surface area contributed by atoms with E-state index in [1.54, 1.807) is 25.3 Å². The Morgan fingerprint density at radius 2 is 1.80 bits per heavy atom. The van der Waals surface area contributed by atoms with Crippen molar-refractivity contribution in [3.8, 4) is 11.1 Å². The van der Waals surface area contributed by atoms with Gasteiger partial charge in [0.05, 0.1) is 18.2 Å². The minimum atomic E-state index is -1.10. The van der Waals surface area contributed by atoms with E-state index < -0.39 is 23.5 Å². The fourth-order valence-electron chi connectivity index (χ4n) is 4.33. The molecule has 2 aromatic heterocycles. The number of carboxylic acids is 1. The Bertz CT molecular complexity index is 1480. The van der Waals surface area contributed by atoms with Crippen LogP contribution in [0.5, 0.6) is 0 Å². The number of fused-ring (bicyclic) bond motifs is 2. The van der Waals surface area contributed by atoms with Crippen LogP contribution in [-0.2, 0) is 16.0 Å². The number of rotatable bonds is 8. The lowest BCUT2D eigenvalue weighted by Gasteiger charge is -2.15. The van der Waals surface area contributed by atoms with Crippen molar-refractivity contribution in [2.24, 2.45) is 0 Å². The molecular formula is C27H26ClNO6. The van der Waals surface area contributed by atoms with E-state index in [1.165, 1.54) is 0 Å². The van der Waals surface area contributed by atoms with Crippen molar-refractivity contribution >= 4 is 45.4 Å². The van der Waals surface area contributed by atoms with Crippen LogP contribution in [0.3, 0.4) is 0 Å². The summed E-state index contributed by atoms with van der Waals surface area (Å²) in [7, 11) is 0. The van der Waals surface area contributed by atoms with Gasteiger partial charge in [0.2, 0.25) is 5.91 Å². The lowest BCUT2D eigenvalue weighted by Crippen LogP contribution is -2.42. The molecule has 0 spiro atoms. The molecule has 0 fully saturated rings. The summed E-state index contributed by atoms with van der Waals surface area (Å²) in [5, 5.41) is 14.1. The lowest BCUT2D eigenvalue weighted by atomic mass is 9.97. The normalized spacial score (nSPS) is 12.2. The van der Waals surface area contributed by atoms with Crippen molar-refractivity contribution in [1.82, 2.24) is 5.32 Å². The van der Waals surface area contributed by atoms with Crippen LogP contribution in [0.25, 0.3) is 33.1 Å². The molecule has 0 saturated heterocycles. The lowest BCUT2D eigenvalue weighted by molar-refractivity contribution is -0.142. The summed E-state index contributed by atoms with van der Waals surface area (Å²) in [6.45, 7) is 5.53. The molecule has 2 aromatic carbocycles. The Hall–Kier alpha value is -3.58. The molecule has 0 aliphatic carbocycles. The number of aliphatic carboxylic acids is 1. The zero-order chi connectivity index (χ0) is 25.3. The second kappa shape index (κ2) is 9.96. The highest BCUT2D eigenvalue weighted by molar-refractivity contribution is 6.30. The van der Waals surface area contributed by atoms with Gasteiger partial charge in [0.1, 0.15) is 17.2 Å². The molecule has 0 unspecified atom stereocenters. The van der Waals surface area contributed by atoms with E-state index in [0.29, 0.717) is 45.5 Å². The minimum absolute atomic E-state index is 0.199. The average molecular weight is 496 g/mol. The van der Waals surface area contributed by atoms with Gasteiger partial charge in [-0.15, -0.1) is 0 Å². The molecule has 182 valence electrons. The summed E-state index contributed by atoms with van der Waals surface area (Å²) in [6.07, 6.45) is 3.20. The Balaban J connectivity index is 1.76. The van der Waals surface area contributed by atoms with Gasteiger partial charge < -0.3 is 19.3 Å². The maximum atomic E-state index is 12.8. The number of amides is 1. The molecule has 2 heterocycles. The van der Waals surface area contributed by atoms with Gasteiger partial charge in [0.15, 0.2) is 0 Å². The Morgan fingerprint density at radius 3 is 2.46 bits per heavy atom. The minimum Gasteiger partial charge on any atom is -0.480 e. The van der Waals surface area contributed by atoms with E-state index in [-0.39, 0.29) is 12.0 Å². The fourth-order valence-corrected chi connectivity index (χ4v) is 4.45. The summed E-state index contributed by atoms with van der Waals surface area (Å²) in [5.74, 6) is -1.63. The van der Waals surface area contributed by atoms with Gasteiger partial charge in [-0.3, -0.25) is 4.79 Å². The van der Waals surface area contributed by atoms with Crippen LogP contribution in [0.1, 0.15) is 42.9 Å². The van der Waals surface area contributed by atoms with Crippen LogP contribution in [-0.4, -0.2) is 23.0 Å². The van der Waals surface area contributed by atoms with Gasteiger partial charge in [-0.2, -0.15) is 0 Å². The molecule has 2 N–H and O–H groups in total. The van der Waals surface area contributed by atoms with Crippen LogP contribution >= 0.6 is 11.6 Å². The number of aryl methyl sites for hydroxylation is 2. The summed E-state index contributed by atoms with van der Waals surface area (Å²) < 4.78 is 11.5. The first-order valence-corrected chi connectivity index (χ1v) is 11.8. The molecule has 4 rings (SSSR count). The molecule has 0 aliphatic rings. The third-order valence-electron chi connectivity index (χ3n) is 6.31. The van der Waals surface area contributed by atoms with Crippen LogP contribution in [0, 0.1) is 13.8 Å². The predicted molar refractivity (Wildman–Crippen MR) is 135 cm³/mol. The molecule has 1 atom stereocenters. The summed E-state index contributed by atoms with van der Waals surface area (Å²) in [5.41, 5.74) is 3.66. The van der Waals surface area contributed by atoms with Gasteiger partial charge in [0.25, 0.3) is 0 Å². The number of carbonyl (C=O) groups excluding carboxylic acids is 1. The smallest absolute Gasteiger partial charge is 0.340 e. The second-order valence-corrected chi connectivity index (χ2v) is 9.12. The van der Waals surface area contributed by atoms with Crippen LogP contribution in [0.15, 0.2) is 50.2 Å². The Labute approximate surface area is 206 Å². The average Bonchev–Trinajstić information content (AvgIpc) is 3.25. The molecule has 4 aromatic rings. The molecule has 0 aliphatic heterocycles. The van der Waals surface area contributed by atoms with Gasteiger partial charge in [-0.05, 0) is 49.6 Å². The first-order chi connectivity index (χ1) is 16.7. The number of unbranched alkanes of at least 4 members (excludes halogenated alkanes) is 1. The number of halogens is 1. The topological polar surface area (TPSA) is 110 Å². The molecule has 8 heteroatoms. The third kappa shape index (κ3) is 4.82. The largest absolute Gasteiger partial charge is 0.480 e. The van der Waals surface area contributed by atoms with E-state index in [2.05, 4.69) is 5.32 Å². The number of hydrogen-bond acceptors (Lipinski definition) is 5. The first-order valence-electron chi connectivity index (χ1n) is 11.5. The number of benzene rings is 2. The van der Waals surface area contributed by atoms with E-state index in [4.69, 9.17) is 20.4 Å². The standard InChI is InChI=1S/C27H26ClNO6/c1-4-5-6-22(26(31)32)29-23(30)12-19-14(2)18-11-20-21(16-7-9-17(28)10-8-16)13-34-24(20)15(3)25(18)35-27(19)33/h7-11,13,22H,4-6,12H2,1-3H3,(H,29,30)(H,31,32)/t22-/m0/s1. The Kier molecular flexibility index (Phi) is 6.98. The van der Waals surface area contributed by atoms with E-state index in [9.17, 15) is 19.5 Å². The predicted octanol–water partition coefficient (Wildman–Crippen LogP) is 5.78. The van der Waals surface area contributed by atoms with Crippen molar-refractivity contribution < 1.29 is 23.5 Å². The second-order valence-electron chi connectivity index (χ2n) is 8.68. The fraction of sp³-hybridized carbons (Fsp3) is 0.296. The van der Waals surface area contributed by atoms with Gasteiger partial charge in [-0.1, -0.05) is 43.5 Å². The molecule has 35 heavy (non-hydrogen) atoms. The highest BCUT2D eigenvalue weighted by Crippen LogP contribution is 2.37. The SMILES string of the molecule is CCCC[C@H](NC(=O)Cc1c(C)c2cc3c(-c4ccc(Cl)cc4)coc3c(C)c2oc1=O)C(=O)O. The van der Waals surface area contributed by atoms with Crippen LogP contribution < -0.4 is 10.9 Å². The van der Waals surface area contributed by atoms with Crippen LogP contribution in [0.2, 0.25) is 5.02 Å². The van der Waals surface area contributed by atoms with Crippen molar-refractivity contribution in [2.75, 3.05) is 0 Å². The van der Waals surface area contributed by atoms with Gasteiger partial charge >= 0.3 is 11.6 Å². The highest BCUT2D eigenvalue weighted by atomic mass is 35.5. The van der Waals surface area contributed by atoms with E-state index in [1.807, 2.05) is 32.0 Å².